The Balaban J connectivity index is 1.23. The number of carbonyl (C=O) groups is 1. The van der Waals surface area contributed by atoms with Gasteiger partial charge >= 0.3 is 6.18 Å². The van der Waals surface area contributed by atoms with Gasteiger partial charge in [0.05, 0.1) is 11.8 Å². The molecule has 10 heteroatoms. The molecule has 2 aliphatic rings. The number of halogens is 3. The van der Waals surface area contributed by atoms with Crippen LogP contribution < -0.4 is 15.5 Å². The molecule has 1 aliphatic carbocycles. The predicted molar refractivity (Wildman–Crippen MR) is 123 cm³/mol. The van der Waals surface area contributed by atoms with Crippen LogP contribution >= 0.6 is 11.3 Å². The fourth-order valence-electron chi connectivity index (χ4n) is 5.06. The Labute approximate surface area is 193 Å². The molecule has 2 N–H and O–H groups in total. The Hall–Kier alpha value is -2.88. The molecule has 1 amide bonds. The summed E-state index contributed by atoms with van der Waals surface area (Å²) in [5, 5.41) is 6.87. The number of amides is 1. The normalized spacial score (nSPS) is 22.5. The zero-order valence-corrected chi connectivity index (χ0v) is 18.9. The lowest BCUT2D eigenvalue weighted by atomic mass is 9.65. The summed E-state index contributed by atoms with van der Waals surface area (Å²) < 4.78 is 38.5. The summed E-state index contributed by atoms with van der Waals surface area (Å²) in [7, 11) is 1.61. The van der Waals surface area contributed by atoms with Gasteiger partial charge < -0.3 is 15.5 Å². The molecule has 1 spiro atoms. The van der Waals surface area contributed by atoms with Crippen LogP contribution in [0.2, 0.25) is 0 Å². The van der Waals surface area contributed by atoms with Crippen LogP contribution in [-0.2, 0) is 6.42 Å². The van der Waals surface area contributed by atoms with Crippen molar-refractivity contribution in [1.82, 2.24) is 15.3 Å². The van der Waals surface area contributed by atoms with Gasteiger partial charge in [0, 0.05) is 42.3 Å². The highest BCUT2D eigenvalue weighted by Gasteiger charge is 2.49. The molecule has 5 rings (SSSR count). The number of hydrogen-bond acceptors (Lipinski definition) is 6. The molecule has 0 unspecified atom stereocenters. The van der Waals surface area contributed by atoms with Crippen LogP contribution in [0.25, 0.3) is 10.2 Å². The smallest absolute Gasteiger partial charge is 0.382 e. The number of aromatic nitrogens is 2. The van der Waals surface area contributed by atoms with Gasteiger partial charge in [-0.25, -0.2) is 9.97 Å². The van der Waals surface area contributed by atoms with E-state index in [-0.39, 0.29) is 16.2 Å². The minimum atomic E-state index is -4.23. The van der Waals surface area contributed by atoms with E-state index in [9.17, 15) is 18.0 Å². The third-order valence-corrected chi connectivity index (χ3v) is 7.62. The van der Waals surface area contributed by atoms with Crippen molar-refractivity contribution in [3.63, 3.8) is 0 Å². The van der Waals surface area contributed by atoms with Crippen molar-refractivity contribution >= 4 is 39.0 Å². The van der Waals surface area contributed by atoms with Gasteiger partial charge in [0.1, 0.15) is 17.0 Å². The zero-order valence-electron chi connectivity index (χ0n) is 18.1. The second-order valence-electron chi connectivity index (χ2n) is 9.00. The van der Waals surface area contributed by atoms with Crippen LogP contribution in [0.5, 0.6) is 0 Å². The van der Waals surface area contributed by atoms with E-state index in [1.165, 1.54) is 6.33 Å². The molecular weight excluding hydrogens is 451 g/mol. The number of anilines is 2. The van der Waals surface area contributed by atoms with Crippen molar-refractivity contribution in [3.8, 4) is 0 Å². The lowest BCUT2D eigenvalue weighted by Crippen LogP contribution is -2.46. The molecule has 6 nitrogen and oxygen atoms in total. The van der Waals surface area contributed by atoms with Crippen molar-refractivity contribution in [2.45, 2.75) is 37.9 Å². The highest BCUT2D eigenvalue weighted by molar-refractivity contribution is 7.18. The Morgan fingerprint density at radius 1 is 1.24 bits per heavy atom. The number of carbonyl (C=O) groups excluding carboxylic acids is 1. The van der Waals surface area contributed by atoms with Crippen LogP contribution in [0.4, 0.5) is 24.7 Å². The van der Waals surface area contributed by atoms with Gasteiger partial charge in [-0.1, -0.05) is 0 Å². The van der Waals surface area contributed by atoms with Crippen molar-refractivity contribution in [2.75, 3.05) is 30.4 Å². The van der Waals surface area contributed by atoms with E-state index in [1.54, 1.807) is 25.2 Å². The van der Waals surface area contributed by atoms with Crippen molar-refractivity contribution in [1.29, 1.82) is 0 Å². The van der Waals surface area contributed by atoms with Gasteiger partial charge in [0.15, 0.2) is 0 Å². The molecule has 0 atom stereocenters. The number of benzene rings is 1. The molecule has 1 aliphatic heterocycles. The van der Waals surface area contributed by atoms with Crippen LogP contribution in [0.1, 0.15) is 34.5 Å². The van der Waals surface area contributed by atoms with Crippen LogP contribution in [0.15, 0.2) is 36.7 Å². The summed E-state index contributed by atoms with van der Waals surface area (Å²) >= 11 is 1.09. The lowest BCUT2D eigenvalue weighted by molar-refractivity contribution is -0.126. The highest BCUT2D eigenvalue weighted by atomic mass is 32.1. The Bertz CT molecular complexity index is 1170. The molecule has 1 aromatic carbocycles. The topological polar surface area (TPSA) is 70.2 Å². The summed E-state index contributed by atoms with van der Waals surface area (Å²) in [6, 6.07) is 9.41. The van der Waals surface area contributed by atoms with E-state index in [4.69, 9.17) is 0 Å². The molecule has 174 valence electrons. The first kappa shape index (κ1) is 21.9. The highest BCUT2D eigenvalue weighted by Crippen LogP contribution is 2.50. The summed E-state index contributed by atoms with van der Waals surface area (Å²) in [6.45, 7) is 1.68. The SMILES string of the molecule is CNC(=O)c1ccc(NC2CC3(CCN(c4ncnc5sc(CC(F)(F)F)cc45)C3)C2)cc1. The van der Waals surface area contributed by atoms with Crippen LogP contribution in [0, 0.1) is 5.41 Å². The van der Waals surface area contributed by atoms with E-state index in [2.05, 4.69) is 25.5 Å². The molecule has 33 heavy (non-hydrogen) atoms. The molecular formula is C23H24F3N5OS. The number of nitrogens with one attached hydrogen (secondary N) is 2. The van der Waals surface area contributed by atoms with Gasteiger partial charge in [-0.3, -0.25) is 4.79 Å². The van der Waals surface area contributed by atoms with Gasteiger partial charge in [0.25, 0.3) is 5.91 Å². The number of thiophene rings is 1. The van der Waals surface area contributed by atoms with Gasteiger partial charge in [-0.15, -0.1) is 11.3 Å². The molecule has 0 radical (unpaired) electrons. The van der Waals surface area contributed by atoms with Gasteiger partial charge in [-0.2, -0.15) is 13.2 Å². The predicted octanol–water partition coefficient (Wildman–Crippen LogP) is 4.63. The third-order valence-electron chi connectivity index (χ3n) is 6.58. The number of alkyl halides is 3. The molecule has 3 aromatic rings. The van der Waals surface area contributed by atoms with Gasteiger partial charge in [-0.05, 0) is 55.0 Å². The molecule has 1 saturated carbocycles. The minimum absolute atomic E-state index is 0.106. The lowest BCUT2D eigenvalue weighted by Gasteiger charge is -2.46. The minimum Gasteiger partial charge on any atom is -0.382 e. The molecule has 2 fully saturated rings. The van der Waals surface area contributed by atoms with E-state index < -0.39 is 12.6 Å². The Morgan fingerprint density at radius 3 is 2.70 bits per heavy atom. The maximum atomic E-state index is 12.8. The van der Waals surface area contributed by atoms with Crippen LogP contribution in [-0.4, -0.2) is 48.2 Å². The van der Waals surface area contributed by atoms with E-state index >= 15 is 0 Å². The Kier molecular flexibility index (Phi) is 5.43. The first-order valence-corrected chi connectivity index (χ1v) is 11.7. The monoisotopic (exact) mass is 475 g/mol. The zero-order chi connectivity index (χ0) is 23.2. The third kappa shape index (κ3) is 4.48. The molecule has 1 saturated heterocycles. The summed E-state index contributed by atoms with van der Waals surface area (Å²) in [5.41, 5.74) is 1.81. The summed E-state index contributed by atoms with van der Waals surface area (Å²) in [4.78, 5) is 23.4. The molecule has 0 bridgehead atoms. The number of rotatable bonds is 5. The fourth-order valence-corrected chi connectivity index (χ4v) is 6.09. The average Bonchev–Trinajstić information content (AvgIpc) is 3.36. The maximum Gasteiger partial charge on any atom is 0.393 e. The first-order valence-electron chi connectivity index (χ1n) is 10.9. The molecule has 3 heterocycles. The second-order valence-corrected chi connectivity index (χ2v) is 10.1. The maximum absolute atomic E-state index is 12.8. The number of hydrogen-bond donors (Lipinski definition) is 2. The van der Waals surface area contributed by atoms with Crippen LogP contribution in [0.3, 0.4) is 0 Å². The van der Waals surface area contributed by atoms with E-state index in [0.29, 0.717) is 21.8 Å². The fraction of sp³-hybridized carbons (Fsp3) is 0.435. The molecule has 2 aromatic heterocycles. The Morgan fingerprint density at radius 2 is 2.00 bits per heavy atom. The average molecular weight is 476 g/mol. The largest absolute Gasteiger partial charge is 0.393 e. The van der Waals surface area contributed by atoms with Crippen molar-refractivity contribution in [3.05, 3.63) is 47.1 Å². The summed E-state index contributed by atoms with van der Waals surface area (Å²) in [5.74, 6) is 0.632. The van der Waals surface area contributed by atoms with Gasteiger partial charge in [0.2, 0.25) is 0 Å². The number of nitrogens with zero attached hydrogens (tertiary/aromatic N) is 3. The van der Waals surface area contributed by atoms with E-state index in [1.807, 2.05) is 12.1 Å². The van der Waals surface area contributed by atoms with Crippen molar-refractivity contribution in [2.24, 2.45) is 5.41 Å². The quantitative estimate of drug-likeness (QED) is 0.563. The summed E-state index contributed by atoms with van der Waals surface area (Å²) in [6.07, 6.45) is -0.635. The standard InChI is InChI=1S/C23H24F3N5OS/c1-27-20(32)14-2-4-15(5-3-14)30-16-9-22(10-16)6-7-31(12-22)19-18-8-17(11-23(24,25)26)33-21(18)29-13-28-19/h2-5,8,13,16,30H,6-7,9-12H2,1H3,(H,27,32). The second kappa shape index (κ2) is 8.16. The van der Waals surface area contributed by atoms with Crippen molar-refractivity contribution < 1.29 is 18.0 Å². The number of fused-ring (bicyclic) bond motifs is 1. The first-order chi connectivity index (χ1) is 15.7. The van der Waals surface area contributed by atoms with E-state index in [0.717, 1.165) is 55.2 Å².